The maximum absolute atomic E-state index is 12.6. The molecule has 3 rings (SSSR count). The lowest BCUT2D eigenvalue weighted by molar-refractivity contribution is -0.384. The first kappa shape index (κ1) is 21.5. The van der Waals surface area contributed by atoms with Gasteiger partial charge in [0.25, 0.3) is 5.69 Å². The molecule has 0 atom stereocenters. The molecule has 0 bridgehead atoms. The maximum Gasteiger partial charge on any atom is 0.343 e. The molecular weight excluding hydrogens is 402 g/mol. The highest BCUT2D eigenvalue weighted by atomic mass is 16.6. The van der Waals surface area contributed by atoms with Gasteiger partial charge in [-0.25, -0.2) is 9.48 Å². The Morgan fingerprint density at radius 3 is 2.61 bits per heavy atom. The van der Waals surface area contributed by atoms with E-state index in [1.54, 1.807) is 44.2 Å². The van der Waals surface area contributed by atoms with Gasteiger partial charge in [-0.15, -0.1) is 0 Å². The molecule has 2 N–H and O–H groups in total. The average molecular weight is 423 g/mol. The molecule has 2 aromatic carbocycles. The van der Waals surface area contributed by atoms with Crippen LogP contribution in [-0.4, -0.2) is 39.7 Å². The third kappa shape index (κ3) is 5.04. The van der Waals surface area contributed by atoms with Crippen LogP contribution in [0.3, 0.4) is 0 Å². The summed E-state index contributed by atoms with van der Waals surface area (Å²) in [5.74, 6) is -0.899. The molecule has 0 aliphatic carbocycles. The lowest BCUT2D eigenvalue weighted by Crippen LogP contribution is -2.25. The van der Waals surface area contributed by atoms with Crippen molar-refractivity contribution in [2.24, 2.45) is 0 Å². The number of rotatable bonds is 8. The second-order valence-corrected chi connectivity index (χ2v) is 6.53. The largest absolute Gasteiger partial charge is 0.462 e. The minimum absolute atomic E-state index is 0.0831. The van der Waals surface area contributed by atoms with Crippen molar-refractivity contribution in [3.8, 4) is 5.69 Å². The summed E-state index contributed by atoms with van der Waals surface area (Å²) in [6.07, 6.45) is 1.33. The van der Waals surface area contributed by atoms with Crippen LogP contribution in [0, 0.1) is 17.0 Å². The summed E-state index contributed by atoms with van der Waals surface area (Å²) >= 11 is 0. The van der Waals surface area contributed by atoms with Gasteiger partial charge in [-0.1, -0.05) is 24.3 Å². The Bertz CT molecular complexity index is 1110. The van der Waals surface area contributed by atoms with Crippen LogP contribution in [0.15, 0.2) is 54.7 Å². The van der Waals surface area contributed by atoms with Crippen LogP contribution in [-0.2, 0) is 9.53 Å². The Balaban J connectivity index is 1.82. The van der Waals surface area contributed by atoms with E-state index in [9.17, 15) is 19.7 Å². The van der Waals surface area contributed by atoms with Gasteiger partial charge in [0.2, 0.25) is 5.91 Å². The van der Waals surface area contributed by atoms with Gasteiger partial charge in [0.05, 0.1) is 30.0 Å². The smallest absolute Gasteiger partial charge is 0.343 e. The minimum atomic E-state index is -0.609. The number of aryl methyl sites for hydroxylation is 1. The number of nitro benzene ring substituents is 1. The lowest BCUT2D eigenvalue weighted by atomic mass is 10.2. The van der Waals surface area contributed by atoms with Crippen molar-refractivity contribution in [3.05, 3.63) is 76.0 Å². The van der Waals surface area contributed by atoms with Crippen LogP contribution in [0.5, 0.6) is 0 Å². The van der Waals surface area contributed by atoms with Gasteiger partial charge in [-0.2, -0.15) is 5.10 Å². The number of nitrogens with zero attached hydrogens (tertiary/aromatic N) is 3. The zero-order chi connectivity index (χ0) is 22.4. The van der Waals surface area contributed by atoms with Crippen molar-refractivity contribution in [1.82, 2.24) is 9.78 Å². The number of non-ortho nitro benzene ring substituents is 1. The first-order valence-corrected chi connectivity index (χ1v) is 9.50. The van der Waals surface area contributed by atoms with E-state index in [4.69, 9.17) is 4.74 Å². The Morgan fingerprint density at radius 1 is 1.19 bits per heavy atom. The van der Waals surface area contributed by atoms with Crippen LogP contribution in [0.2, 0.25) is 0 Å². The molecule has 0 aliphatic heterocycles. The molecule has 0 unspecified atom stereocenters. The lowest BCUT2D eigenvalue weighted by Gasteiger charge is -2.13. The van der Waals surface area contributed by atoms with Crippen molar-refractivity contribution in [1.29, 1.82) is 0 Å². The van der Waals surface area contributed by atoms with E-state index < -0.39 is 16.8 Å². The summed E-state index contributed by atoms with van der Waals surface area (Å²) in [6.45, 7) is 3.46. The molecule has 10 heteroatoms. The number of aromatic nitrogens is 2. The van der Waals surface area contributed by atoms with Gasteiger partial charge in [0.1, 0.15) is 5.56 Å². The Labute approximate surface area is 178 Å². The van der Waals surface area contributed by atoms with Crippen molar-refractivity contribution in [3.63, 3.8) is 0 Å². The number of carbonyl (C=O) groups is 2. The van der Waals surface area contributed by atoms with Crippen LogP contribution in [0.4, 0.5) is 17.2 Å². The van der Waals surface area contributed by atoms with E-state index in [0.717, 1.165) is 5.56 Å². The first-order chi connectivity index (χ1) is 14.9. The van der Waals surface area contributed by atoms with E-state index in [1.807, 2.05) is 6.07 Å². The topological polar surface area (TPSA) is 128 Å². The van der Waals surface area contributed by atoms with Gasteiger partial charge >= 0.3 is 5.97 Å². The van der Waals surface area contributed by atoms with E-state index >= 15 is 0 Å². The fraction of sp³-hybridized carbons (Fsp3) is 0.190. The van der Waals surface area contributed by atoms with Gasteiger partial charge in [0.15, 0.2) is 5.82 Å². The van der Waals surface area contributed by atoms with Gasteiger partial charge in [0, 0.05) is 17.8 Å². The predicted octanol–water partition coefficient (Wildman–Crippen LogP) is 3.32. The third-order valence-corrected chi connectivity index (χ3v) is 4.39. The molecule has 160 valence electrons. The number of amides is 1. The van der Waals surface area contributed by atoms with Crippen LogP contribution >= 0.6 is 0 Å². The number of hydrogen-bond acceptors (Lipinski definition) is 7. The van der Waals surface area contributed by atoms with E-state index in [0.29, 0.717) is 11.4 Å². The fourth-order valence-corrected chi connectivity index (χ4v) is 2.86. The second-order valence-electron chi connectivity index (χ2n) is 6.53. The summed E-state index contributed by atoms with van der Waals surface area (Å²) in [4.78, 5) is 35.4. The highest BCUT2D eigenvalue weighted by Crippen LogP contribution is 2.23. The van der Waals surface area contributed by atoms with Crippen LogP contribution < -0.4 is 10.6 Å². The first-order valence-electron chi connectivity index (χ1n) is 9.50. The molecule has 0 saturated heterocycles. The molecule has 3 aromatic rings. The van der Waals surface area contributed by atoms with Gasteiger partial charge in [-0.3, -0.25) is 14.9 Å². The van der Waals surface area contributed by atoms with Crippen LogP contribution in [0.1, 0.15) is 22.8 Å². The highest BCUT2D eigenvalue weighted by Gasteiger charge is 2.21. The van der Waals surface area contributed by atoms with E-state index in [2.05, 4.69) is 15.7 Å². The number of nitrogens with one attached hydrogen (secondary N) is 2. The molecule has 1 aromatic heterocycles. The molecule has 1 amide bonds. The SMILES string of the molecule is CCOC(=O)c1cnn(-c2ccccc2)c1NC(=O)CNc1cc([N+](=O)[O-])ccc1C. The number of esters is 1. The van der Waals surface area contributed by atoms with E-state index in [1.165, 1.54) is 23.0 Å². The van der Waals surface area contributed by atoms with Crippen molar-refractivity contribution in [2.45, 2.75) is 13.8 Å². The van der Waals surface area contributed by atoms with Crippen molar-refractivity contribution in [2.75, 3.05) is 23.8 Å². The molecule has 1 heterocycles. The van der Waals surface area contributed by atoms with Gasteiger partial charge in [-0.05, 0) is 31.5 Å². The third-order valence-electron chi connectivity index (χ3n) is 4.39. The summed E-state index contributed by atoms with van der Waals surface area (Å²) in [6, 6.07) is 13.4. The van der Waals surface area contributed by atoms with E-state index in [-0.39, 0.29) is 30.2 Å². The number of carbonyl (C=O) groups excluding carboxylic acids is 2. The minimum Gasteiger partial charge on any atom is -0.462 e. The molecule has 31 heavy (non-hydrogen) atoms. The molecule has 0 saturated carbocycles. The Hall–Kier alpha value is -4.21. The highest BCUT2D eigenvalue weighted by molar-refractivity contribution is 6.01. The average Bonchev–Trinajstić information content (AvgIpc) is 3.17. The summed E-state index contributed by atoms with van der Waals surface area (Å²) in [7, 11) is 0. The summed E-state index contributed by atoms with van der Waals surface area (Å²) < 4.78 is 6.49. The number of hydrogen-bond donors (Lipinski definition) is 2. The fourth-order valence-electron chi connectivity index (χ4n) is 2.86. The zero-order valence-electron chi connectivity index (χ0n) is 17.0. The number of benzene rings is 2. The van der Waals surface area contributed by atoms with Crippen LogP contribution in [0.25, 0.3) is 5.69 Å². The number of anilines is 2. The standard InChI is InChI=1S/C21H21N5O5/c1-3-31-21(28)17-12-23-25(15-7-5-4-6-8-15)20(17)24-19(27)13-22-18-11-16(26(29)30)10-9-14(18)2/h4-12,22H,3,13H2,1-2H3,(H,24,27). The number of ether oxygens (including phenoxy) is 1. The van der Waals surface area contributed by atoms with Crippen molar-refractivity contribution >= 4 is 29.1 Å². The monoisotopic (exact) mass is 423 g/mol. The molecule has 0 fully saturated rings. The zero-order valence-corrected chi connectivity index (χ0v) is 17.0. The molecule has 0 spiro atoms. The van der Waals surface area contributed by atoms with Gasteiger partial charge < -0.3 is 15.4 Å². The second kappa shape index (κ2) is 9.53. The predicted molar refractivity (Wildman–Crippen MR) is 114 cm³/mol. The molecular formula is C21H21N5O5. The number of nitro groups is 1. The summed E-state index contributed by atoms with van der Waals surface area (Å²) in [5, 5.41) is 20.8. The molecule has 10 nitrogen and oxygen atoms in total. The normalized spacial score (nSPS) is 10.4. The number of para-hydroxylation sites is 1. The Kier molecular flexibility index (Phi) is 6.61. The molecule has 0 radical (unpaired) electrons. The quantitative estimate of drug-likeness (QED) is 0.323. The van der Waals surface area contributed by atoms with Crippen molar-refractivity contribution < 1.29 is 19.2 Å². The maximum atomic E-state index is 12.6. The molecule has 0 aliphatic rings. The summed E-state index contributed by atoms with van der Waals surface area (Å²) in [5.41, 5.74) is 1.90. The Morgan fingerprint density at radius 2 is 1.94 bits per heavy atom.